The summed E-state index contributed by atoms with van der Waals surface area (Å²) >= 11 is 0. The second-order valence-electron chi connectivity index (χ2n) is 6.93. The zero-order chi connectivity index (χ0) is 22.2. The number of para-hydroxylation sites is 1. The Morgan fingerprint density at radius 1 is 1.12 bits per heavy atom. The standard InChI is InChI=1S/C24H23N5O3/c1-31-22-20(10-5-11-21(22)32-16-18-7-3-2-4-8-18)27-24(29-14-13-26-17-29)28-23(30)19-9-6-12-25-15-19/h2-12,15,17H,13-14,16H2,1H3,(H,27,28,30). The molecule has 1 aliphatic heterocycles. The highest BCUT2D eigenvalue weighted by Gasteiger charge is 2.19. The van der Waals surface area contributed by atoms with Crippen LogP contribution in [0, 0.1) is 0 Å². The van der Waals surface area contributed by atoms with Crippen molar-refractivity contribution in [2.75, 3.05) is 20.2 Å². The van der Waals surface area contributed by atoms with Crippen LogP contribution in [0.3, 0.4) is 0 Å². The average Bonchev–Trinajstić information content (AvgIpc) is 3.38. The lowest BCUT2D eigenvalue weighted by molar-refractivity contribution is 0.0974. The molecule has 0 saturated carbocycles. The molecular formula is C24H23N5O3. The first kappa shape index (κ1) is 21.0. The van der Waals surface area contributed by atoms with E-state index in [4.69, 9.17) is 9.47 Å². The fraction of sp³-hybridized carbons (Fsp3) is 0.167. The molecule has 0 saturated heterocycles. The Labute approximate surface area is 186 Å². The Hall–Kier alpha value is -4.20. The zero-order valence-electron chi connectivity index (χ0n) is 17.6. The van der Waals surface area contributed by atoms with E-state index in [2.05, 4.69) is 20.3 Å². The molecule has 0 fully saturated rings. The highest BCUT2D eigenvalue weighted by molar-refractivity contribution is 6.08. The van der Waals surface area contributed by atoms with Crippen LogP contribution in [0.1, 0.15) is 15.9 Å². The molecule has 8 heteroatoms. The lowest BCUT2D eigenvalue weighted by Gasteiger charge is -2.19. The highest BCUT2D eigenvalue weighted by atomic mass is 16.5. The Balaban J connectivity index is 1.61. The Morgan fingerprint density at radius 3 is 2.72 bits per heavy atom. The van der Waals surface area contributed by atoms with E-state index < -0.39 is 0 Å². The molecule has 1 aromatic heterocycles. The van der Waals surface area contributed by atoms with Crippen LogP contribution in [0.5, 0.6) is 11.5 Å². The Bertz CT molecular complexity index is 1120. The predicted octanol–water partition coefficient (Wildman–Crippen LogP) is 3.43. The van der Waals surface area contributed by atoms with Gasteiger partial charge in [0.1, 0.15) is 12.3 Å². The number of amides is 1. The van der Waals surface area contributed by atoms with Crippen molar-refractivity contribution in [3.05, 3.63) is 84.2 Å². The van der Waals surface area contributed by atoms with Gasteiger partial charge >= 0.3 is 0 Å². The fourth-order valence-electron chi connectivity index (χ4n) is 3.14. The van der Waals surface area contributed by atoms with Gasteiger partial charge in [-0.05, 0) is 29.8 Å². The first-order valence-corrected chi connectivity index (χ1v) is 10.1. The molecule has 1 N–H and O–H groups in total. The van der Waals surface area contributed by atoms with Crippen LogP contribution in [0.15, 0.2) is 83.0 Å². The Morgan fingerprint density at radius 2 is 2.00 bits per heavy atom. The number of ether oxygens (including phenoxy) is 2. The second-order valence-corrected chi connectivity index (χ2v) is 6.93. The normalized spacial score (nSPS) is 13.2. The summed E-state index contributed by atoms with van der Waals surface area (Å²) in [5.41, 5.74) is 2.00. The van der Waals surface area contributed by atoms with Crippen molar-refractivity contribution in [2.24, 2.45) is 9.98 Å². The van der Waals surface area contributed by atoms with Crippen LogP contribution in [0.4, 0.5) is 5.69 Å². The van der Waals surface area contributed by atoms with E-state index in [0.717, 1.165) is 5.56 Å². The maximum Gasteiger partial charge on any atom is 0.259 e. The molecule has 2 heterocycles. The third-order valence-electron chi connectivity index (χ3n) is 4.74. The minimum Gasteiger partial charge on any atom is -0.491 e. The van der Waals surface area contributed by atoms with Crippen LogP contribution in [-0.2, 0) is 6.61 Å². The molecule has 0 radical (unpaired) electrons. The number of methoxy groups -OCH3 is 1. The summed E-state index contributed by atoms with van der Waals surface area (Å²) in [7, 11) is 1.56. The van der Waals surface area contributed by atoms with Gasteiger partial charge in [0.05, 0.1) is 25.6 Å². The number of guanidine groups is 1. The fourth-order valence-corrected chi connectivity index (χ4v) is 3.14. The van der Waals surface area contributed by atoms with Crippen molar-refractivity contribution in [2.45, 2.75) is 6.61 Å². The summed E-state index contributed by atoms with van der Waals surface area (Å²) in [6, 6.07) is 18.7. The van der Waals surface area contributed by atoms with E-state index in [-0.39, 0.29) is 5.91 Å². The van der Waals surface area contributed by atoms with Gasteiger partial charge in [0.15, 0.2) is 11.5 Å². The number of aromatic nitrogens is 1. The molecule has 0 bridgehead atoms. The largest absolute Gasteiger partial charge is 0.491 e. The number of nitrogens with zero attached hydrogens (tertiary/aromatic N) is 4. The SMILES string of the molecule is COc1c(/N=C(/NC(=O)c2cccnc2)N2C=NCC2)cccc1OCc1ccccc1. The molecule has 0 spiro atoms. The number of carbonyl (C=O) groups excluding carboxylic acids is 1. The molecule has 0 aliphatic carbocycles. The van der Waals surface area contributed by atoms with Crippen LogP contribution in [-0.4, -0.2) is 48.3 Å². The average molecular weight is 429 g/mol. The number of rotatable bonds is 6. The number of aliphatic imine (C=N–C) groups is 2. The number of nitrogens with one attached hydrogen (secondary N) is 1. The van der Waals surface area contributed by atoms with E-state index in [1.165, 1.54) is 6.20 Å². The van der Waals surface area contributed by atoms with Crippen LogP contribution in [0.25, 0.3) is 0 Å². The van der Waals surface area contributed by atoms with Crippen molar-refractivity contribution < 1.29 is 14.3 Å². The molecule has 0 unspecified atom stereocenters. The van der Waals surface area contributed by atoms with Crippen LogP contribution < -0.4 is 14.8 Å². The molecule has 0 atom stereocenters. The summed E-state index contributed by atoms with van der Waals surface area (Å²) in [4.78, 5) is 27.4. The van der Waals surface area contributed by atoms with E-state index >= 15 is 0 Å². The molecule has 4 rings (SSSR count). The van der Waals surface area contributed by atoms with E-state index in [1.807, 2.05) is 42.5 Å². The lowest BCUT2D eigenvalue weighted by Crippen LogP contribution is -2.42. The van der Waals surface area contributed by atoms with Gasteiger partial charge in [-0.15, -0.1) is 0 Å². The van der Waals surface area contributed by atoms with Gasteiger partial charge in [0, 0.05) is 18.9 Å². The predicted molar refractivity (Wildman–Crippen MR) is 123 cm³/mol. The number of carbonyl (C=O) groups is 1. The van der Waals surface area contributed by atoms with Crippen molar-refractivity contribution >= 4 is 23.9 Å². The smallest absolute Gasteiger partial charge is 0.259 e. The molecule has 8 nitrogen and oxygen atoms in total. The second kappa shape index (κ2) is 10.2. The quantitative estimate of drug-likeness (QED) is 0.479. The van der Waals surface area contributed by atoms with Crippen molar-refractivity contribution in [3.8, 4) is 11.5 Å². The maximum absolute atomic E-state index is 12.7. The monoisotopic (exact) mass is 429 g/mol. The van der Waals surface area contributed by atoms with Gasteiger partial charge in [-0.3, -0.25) is 20.1 Å². The molecule has 1 amide bonds. The number of hydrogen-bond donors (Lipinski definition) is 1. The highest BCUT2D eigenvalue weighted by Crippen LogP contribution is 2.37. The van der Waals surface area contributed by atoms with Crippen LogP contribution >= 0.6 is 0 Å². The van der Waals surface area contributed by atoms with Gasteiger partial charge in [0.2, 0.25) is 5.96 Å². The Kier molecular flexibility index (Phi) is 6.72. The zero-order valence-corrected chi connectivity index (χ0v) is 17.6. The summed E-state index contributed by atoms with van der Waals surface area (Å²) in [5, 5.41) is 2.86. The van der Waals surface area contributed by atoms with Gasteiger partial charge in [0.25, 0.3) is 5.91 Å². The molecule has 32 heavy (non-hydrogen) atoms. The molecule has 162 valence electrons. The van der Waals surface area contributed by atoms with E-state index in [1.54, 1.807) is 42.7 Å². The van der Waals surface area contributed by atoms with Crippen molar-refractivity contribution in [1.29, 1.82) is 0 Å². The summed E-state index contributed by atoms with van der Waals surface area (Å²) in [6.07, 6.45) is 4.78. The molecule has 1 aliphatic rings. The summed E-state index contributed by atoms with van der Waals surface area (Å²) in [6.45, 7) is 1.63. The minimum absolute atomic E-state index is 0.312. The van der Waals surface area contributed by atoms with Crippen molar-refractivity contribution in [3.63, 3.8) is 0 Å². The van der Waals surface area contributed by atoms with Crippen molar-refractivity contribution in [1.82, 2.24) is 15.2 Å². The van der Waals surface area contributed by atoms with Gasteiger partial charge < -0.3 is 14.4 Å². The molecule has 3 aromatic rings. The third kappa shape index (κ3) is 5.10. The minimum atomic E-state index is -0.312. The maximum atomic E-state index is 12.7. The lowest BCUT2D eigenvalue weighted by atomic mass is 10.2. The van der Waals surface area contributed by atoms with Gasteiger partial charge in [-0.2, -0.15) is 0 Å². The topological polar surface area (TPSA) is 88.4 Å². The first-order chi connectivity index (χ1) is 15.7. The van der Waals surface area contributed by atoms with E-state index in [9.17, 15) is 4.79 Å². The third-order valence-corrected chi connectivity index (χ3v) is 4.74. The van der Waals surface area contributed by atoms with Gasteiger partial charge in [-0.1, -0.05) is 36.4 Å². The number of pyridine rings is 1. The molecule has 2 aromatic carbocycles. The first-order valence-electron chi connectivity index (χ1n) is 10.1. The number of hydrogen-bond acceptors (Lipinski definition) is 6. The van der Waals surface area contributed by atoms with E-state index in [0.29, 0.717) is 48.4 Å². The molecular weight excluding hydrogens is 406 g/mol. The summed E-state index contributed by atoms with van der Waals surface area (Å²) in [5.74, 6) is 1.07. The summed E-state index contributed by atoms with van der Waals surface area (Å²) < 4.78 is 11.6. The number of benzene rings is 2. The van der Waals surface area contributed by atoms with Gasteiger partial charge in [-0.25, -0.2) is 4.99 Å². The van der Waals surface area contributed by atoms with Crippen LogP contribution in [0.2, 0.25) is 0 Å².